The van der Waals surface area contributed by atoms with Crippen molar-refractivity contribution in [3.63, 3.8) is 0 Å². The molecule has 0 heterocycles. The van der Waals surface area contributed by atoms with Crippen LogP contribution in [0.15, 0.2) is 60.7 Å². The number of benzene rings is 2. The van der Waals surface area contributed by atoms with E-state index in [1.165, 1.54) is 11.1 Å². The van der Waals surface area contributed by atoms with Crippen molar-refractivity contribution in [2.75, 3.05) is 13.2 Å². The first-order valence-electron chi connectivity index (χ1n) is 10.6. The number of ketones is 1. The van der Waals surface area contributed by atoms with Gasteiger partial charge in [-0.25, -0.2) is 0 Å². The van der Waals surface area contributed by atoms with Crippen LogP contribution in [0.2, 0.25) is 0 Å². The maximum absolute atomic E-state index is 11.9. The first kappa shape index (κ1) is 22.3. The van der Waals surface area contributed by atoms with E-state index in [9.17, 15) is 4.79 Å². The van der Waals surface area contributed by atoms with Gasteiger partial charge in [0.05, 0.1) is 13.2 Å². The van der Waals surface area contributed by atoms with Crippen molar-refractivity contribution in [3.8, 4) is 0 Å². The van der Waals surface area contributed by atoms with Crippen LogP contribution in [0.1, 0.15) is 62.5 Å². The number of unbranched alkanes of at least 4 members (excludes halogenated alkanes) is 4. The van der Waals surface area contributed by atoms with Gasteiger partial charge in [0.15, 0.2) is 0 Å². The van der Waals surface area contributed by atoms with Crippen molar-refractivity contribution >= 4 is 5.78 Å². The lowest BCUT2D eigenvalue weighted by Crippen LogP contribution is -2.00. The third-order valence-electron chi connectivity index (χ3n) is 4.71. The van der Waals surface area contributed by atoms with E-state index < -0.39 is 0 Å². The molecule has 0 fully saturated rings. The zero-order chi connectivity index (χ0) is 19.7. The summed E-state index contributed by atoms with van der Waals surface area (Å²) in [4.78, 5) is 11.9. The Kier molecular flexibility index (Phi) is 12.0. The second-order valence-corrected chi connectivity index (χ2v) is 7.24. The summed E-state index contributed by atoms with van der Waals surface area (Å²) in [6.45, 7) is 2.89. The predicted molar refractivity (Wildman–Crippen MR) is 114 cm³/mol. The third-order valence-corrected chi connectivity index (χ3v) is 4.71. The van der Waals surface area contributed by atoms with Crippen LogP contribution in [0, 0.1) is 0 Å². The maximum atomic E-state index is 11.9. The average molecular weight is 383 g/mol. The van der Waals surface area contributed by atoms with E-state index in [2.05, 4.69) is 24.3 Å². The quantitative estimate of drug-likeness (QED) is 0.329. The highest BCUT2D eigenvalue weighted by atomic mass is 16.5. The molecule has 2 aromatic carbocycles. The van der Waals surface area contributed by atoms with Crippen LogP contribution in [0.3, 0.4) is 0 Å². The number of rotatable bonds is 16. The van der Waals surface area contributed by atoms with Gasteiger partial charge in [-0.3, -0.25) is 4.79 Å². The zero-order valence-electron chi connectivity index (χ0n) is 17.0. The average Bonchev–Trinajstić information content (AvgIpc) is 2.74. The van der Waals surface area contributed by atoms with Gasteiger partial charge in [0.1, 0.15) is 5.78 Å². The molecule has 2 aromatic rings. The molecular weight excluding hydrogens is 348 g/mol. The van der Waals surface area contributed by atoms with Crippen molar-refractivity contribution in [1.82, 2.24) is 0 Å². The van der Waals surface area contributed by atoms with Crippen LogP contribution < -0.4 is 0 Å². The number of carbonyl (C=O) groups is 1. The van der Waals surface area contributed by atoms with Gasteiger partial charge >= 0.3 is 0 Å². The molecule has 0 radical (unpaired) electrons. The van der Waals surface area contributed by atoms with E-state index in [4.69, 9.17) is 9.47 Å². The molecule has 0 bridgehead atoms. The van der Waals surface area contributed by atoms with Gasteiger partial charge in [0.25, 0.3) is 0 Å². The minimum atomic E-state index is 0.399. The Bertz CT molecular complexity index is 569. The summed E-state index contributed by atoms with van der Waals surface area (Å²) in [5, 5.41) is 0. The predicted octanol–water partition coefficient (Wildman–Crippen LogP) is 6.11. The highest BCUT2D eigenvalue weighted by Crippen LogP contribution is 2.09. The molecule has 3 nitrogen and oxygen atoms in total. The number of carbonyl (C=O) groups excluding carboxylic acids is 1. The molecule has 0 saturated carbocycles. The lowest BCUT2D eigenvalue weighted by atomic mass is 10.1. The molecule has 0 spiro atoms. The van der Waals surface area contributed by atoms with Crippen LogP contribution >= 0.6 is 0 Å². The van der Waals surface area contributed by atoms with Gasteiger partial charge in [-0.15, -0.1) is 0 Å². The van der Waals surface area contributed by atoms with Crippen LogP contribution in [0.5, 0.6) is 0 Å². The molecule has 2 rings (SSSR count). The smallest absolute Gasteiger partial charge is 0.132 e. The molecule has 28 heavy (non-hydrogen) atoms. The summed E-state index contributed by atoms with van der Waals surface area (Å²) in [7, 11) is 0. The van der Waals surface area contributed by atoms with Crippen molar-refractivity contribution in [2.45, 2.75) is 64.6 Å². The van der Waals surface area contributed by atoms with E-state index in [1.807, 2.05) is 36.4 Å². The second-order valence-electron chi connectivity index (χ2n) is 7.24. The van der Waals surface area contributed by atoms with E-state index in [-0.39, 0.29) is 0 Å². The fourth-order valence-corrected chi connectivity index (χ4v) is 3.06. The van der Waals surface area contributed by atoms with E-state index in [0.717, 1.165) is 51.7 Å². The Balaban J connectivity index is 1.33. The van der Waals surface area contributed by atoms with Gasteiger partial charge < -0.3 is 9.47 Å². The maximum Gasteiger partial charge on any atom is 0.132 e. The second kappa shape index (κ2) is 15.0. The molecule has 0 aromatic heterocycles. The molecule has 0 amide bonds. The van der Waals surface area contributed by atoms with Gasteiger partial charge in [0.2, 0.25) is 0 Å². The van der Waals surface area contributed by atoms with Gasteiger partial charge in [-0.05, 0) is 36.8 Å². The first-order valence-corrected chi connectivity index (χ1v) is 10.6. The molecule has 0 aliphatic rings. The van der Waals surface area contributed by atoms with Crippen LogP contribution in [0.4, 0.5) is 0 Å². The van der Waals surface area contributed by atoms with Crippen molar-refractivity contribution in [3.05, 3.63) is 71.8 Å². The minimum absolute atomic E-state index is 0.399. The molecule has 3 heteroatoms. The molecule has 0 atom stereocenters. The van der Waals surface area contributed by atoms with Gasteiger partial charge in [0, 0.05) is 26.1 Å². The Hall–Kier alpha value is -1.97. The van der Waals surface area contributed by atoms with E-state index in [1.54, 1.807) is 0 Å². The standard InChI is InChI=1S/C25H34O3/c26-25(17-9-3-11-19-27-21-23-13-5-1-6-14-23)18-10-4-12-20-28-22-24-15-7-2-8-16-24/h1-2,5-8,13-16H,3-4,9-12,17-22H2. The number of ether oxygens (including phenoxy) is 2. The molecule has 0 aliphatic carbocycles. The van der Waals surface area contributed by atoms with Crippen molar-refractivity contribution in [1.29, 1.82) is 0 Å². The number of hydrogen-bond acceptors (Lipinski definition) is 3. The van der Waals surface area contributed by atoms with Crippen molar-refractivity contribution < 1.29 is 14.3 Å². The normalized spacial score (nSPS) is 10.9. The topological polar surface area (TPSA) is 35.5 Å². The number of Topliss-reactive ketones (excluding diaryl/α,β-unsaturated/α-hetero) is 1. The zero-order valence-corrected chi connectivity index (χ0v) is 17.0. The molecule has 0 unspecified atom stereocenters. The summed E-state index contributed by atoms with van der Waals surface area (Å²) in [5.74, 6) is 0.399. The largest absolute Gasteiger partial charge is 0.377 e. The Morgan fingerprint density at radius 1 is 0.571 bits per heavy atom. The summed E-state index contributed by atoms with van der Waals surface area (Å²) >= 11 is 0. The van der Waals surface area contributed by atoms with Gasteiger partial charge in [-0.1, -0.05) is 73.5 Å². The molecule has 0 saturated heterocycles. The summed E-state index contributed by atoms with van der Waals surface area (Å²) in [6.07, 6.45) is 7.56. The van der Waals surface area contributed by atoms with Crippen LogP contribution in [-0.2, 0) is 27.5 Å². The lowest BCUT2D eigenvalue weighted by Gasteiger charge is -2.05. The Labute approximate surface area is 170 Å². The third kappa shape index (κ3) is 11.0. The van der Waals surface area contributed by atoms with Crippen LogP contribution in [0.25, 0.3) is 0 Å². The van der Waals surface area contributed by atoms with Crippen LogP contribution in [-0.4, -0.2) is 19.0 Å². The summed E-state index contributed by atoms with van der Waals surface area (Å²) < 4.78 is 11.3. The molecule has 0 N–H and O–H groups in total. The Morgan fingerprint density at radius 3 is 1.43 bits per heavy atom. The first-order chi connectivity index (χ1) is 13.8. The SMILES string of the molecule is O=C(CCCCCOCc1ccccc1)CCCCCOCc1ccccc1. The molecular formula is C25H34O3. The number of hydrogen-bond donors (Lipinski definition) is 0. The van der Waals surface area contributed by atoms with E-state index >= 15 is 0 Å². The minimum Gasteiger partial charge on any atom is -0.377 e. The summed E-state index contributed by atoms with van der Waals surface area (Å²) in [6, 6.07) is 20.5. The monoisotopic (exact) mass is 382 g/mol. The van der Waals surface area contributed by atoms with E-state index in [0.29, 0.717) is 31.8 Å². The highest BCUT2D eigenvalue weighted by Gasteiger charge is 2.02. The van der Waals surface area contributed by atoms with Gasteiger partial charge in [-0.2, -0.15) is 0 Å². The van der Waals surface area contributed by atoms with Crippen molar-refractivity contribution in [2.24, 2.45) is 0 Å². The Morgan fingerprint density at radius 2 is 1.00 bits per heavy atom. The summed E-state index contributed by atoms with van der Waals surface area (Å²) in [5.41, 5.74) is 2.42. The molecule has 0 aliphatic heterocycles. The fraction of sp³-hybridized carbons (Fsp3) is 0.480. The molecule has 152 valence electrons. The fourth-order valence-electron chi connectivity index (χ4n) is 3.06. The highest BCUT2D eigenvalue weighted by molar-refractivity contribution is 5.78. The lowest BCUT2D eigenvalue weighted by molar-refractivity contribution is -0.119.